The Hall–Kier alpha value is -2.62. The van der Waals surface area contributed by atoms with Crippen LogP contribution in [0, 0.1) is 0 Å². The monoisotopic (exact) mass is 379 g/mol. The predicted octanol–water partition coefficient (Wildman–Crippen LogP) is 2.44. The Labute approximate surface area is 144 Å². The van der Waals surface area contributed by atoms with Crippen molar-refractivity contribution >= 4 is 36.7 Å². The summed E-state index contributed by atoms with van der Waals surface area (Å²) >= 11 is 0. The second kappa shape index (κ2) is 6.03. The van der Waals surface area contributed by atoms with E-state index in [1.165, 1.54) is 48.5 Å². The average Bonchev–Trinajstić information content (AvgIpc) is 2.54. The van der Waals surface area contributed by atoms with E-state index in [9.17, 15) is 21.4 Å². The van der Waals surface area contributed by atoms with Crippen LogP contribution in [0.3, 0.4) is 0 Å². The van der Waals surface area contributed by atoms with E-state index in [-0.39, 0.29) is 10.6 Å². The van der Waals surface area contributed by atoms with Crippen LogP contribution in [0.2, 0.25) is 0 Å². The van der Waals surface area contributed by atoms with Gasteiger partial charge < -0.3 is 9.92 Å². The highest BCUT2D eigenvalue weighted by molar-refractivity contribution is 7.87. The summed E-state index contributed by atoms with van der Waals surface area (Å²) in [6, 6.07) is 14.0. The number of rotatable bonds is 4. The molecule has 0 atom stereocenters. The molecule has 0 spiro atoms. The molecule has 3 aromatic carbocycles. The molecule has 130 valence electrons. The van der Waals surface area contributed by atoms with E-state index in [1.54, 1.807) is 6.07 Å². The van der Waals surface area contributed by atoms with Crippen LogP contribution in [0.1, 0.15) is 0 Å². The summed E-state index contributed by atoms with van der Waals surface area (Å²) < 4.78 is 62.2. The van der Waals surface area contributed by atoms with Crippen LogP contribution in [0.5, 0.6) is 5.75 Å². The lowest BCUT2D eigenvalue weighted by atomic mass is 10.1. The second-order valence-corrected chi connectivity index (χ2v) is 8.20. The van der Waals surface area contributed by atoms with E-state index >= 15 is 0 Å². The Bertz CT molecular complexity index is 1160. The molecule has 3 N–H and O–H groups in total. The summed E-state index contributed by atoms with van der Waals surface area (Å²) in [6.45, 7) is 0. The third-order valence-corrected chi connectivity index (χ3v) is 5.52. The van der Waals surface area contributed by atoms with Crippen molar-refractivity contribution in [2.45, 2.75) is 9.79 Å². The number of nitrogens with two attached hydrogens (primary N) is 1. The smallest absolute Gasteiger partial charge is 0.339 e. The quantitative estimate of drug-likeness (QED) is 0.405. The molecule has 0 fully saturated rings. The molecule has 9 heteroatoms. The Balaban J connectivity index is 2.21. The molecule has 0 aliphatic rings. The van der Waals surface area contributed by atoms with Gasteiger partial charge in [0.25, 0.3) is 10.1 Å². The van der Waals surface area contributed by atoms with Crippen LogP contribution in [0.15, 0.2) is 70.5 Å². The van der Waals surface area contributed by atoms with Gasteiger partial charge in [-0.3, -0.25) is 4.55 Å². The van der Waals surface area contributed by atoms with E-state index < -0.39 is 25.1 Å². The lowest BCUT2D eigenvalue weighted by Gasteiger charge is -2.11. The van der Waals surface area contributed by atoms with Crippen LogP contribution in [-0.2, 0) is 20.2 Å². The largest absolute Gasteiger partial charge is 0.399 e. The number of hydrogen-bond acceptors (Lipinski definition) is 6. The maximum Gasteiger partial charge on any atom is 0.339 e. The average molecular weight is 379 g/mol. The molecule has 3 aromatic rings. The molecule has 3 rings (SSSR count). The van der Waals surface area contributed by atoms with Gasteiger partial charge in [0.2, 0.25) is 0 Å². The van der Waals surface area contributed by atoms with Gasteiger partial charge in [-0.1, -0.05) is 18.2 Å². The molecular weight excluding hydrogens is 366 g/mol. The fourth-order valence-electron chi connectivity index (χ4n) is 2.30. The summed E-state index contributed by atoms with van der Waals surface area (Å²) in [5.74, 6) is -0.228. The zero-order chi connectivity index (χ0) is 18.2. The van der Waals surface area contributed by atoms with Crippen molar-refractivity contribution < 1.29 is 25.6 Å². The molecule has 25 heavy (non-hydrogen) atoms. The van der Waals surface area contributed by atoms with Gasteiger partial charge in [-0.05, 0) is 41.8 Å². The molecule has 0 saturated heterocycles. The van der Waals surface area contributed by atoms with Crippen molar-refractivity contribution in [3.05, 3.63) is 60.7 Å². The van der Waals surface area contributed by atoms with Crippen molar-refractivity contribution in [3.63, 3.8) is 0 Å². The molecule has 0 aliphatic heterocycles. The van der Waals surface area contributed by atoms with Crippen molar-refractivity contribution in [2.75, 3.05) is 5.73 Å². The predicted molar refractivity (Wildman–Crippen MR) is 92.4 cm³/mol. The highest BCUT2D eigenvalue weighted by atomic mass is 32.2. The van der Waals surface area contributed by atoms with E-state index in [2.05, 4.69) is 0 Å². The number of hydrogen-bond donors (Lipinski definition) is 2. The van der Waals surface area contributed by atoms with Crippen LogP contribution >= 0.6 is 0 Å². The molecular formula is C16H13NO6S2. The van der Waals surface area contributed by atoms with E-state index in [0.29, 0.717) is 16.5 Å². The standard InChI is InChI=1S/C16H13NO6S2/c17-12-6-7-15-11(8-12)9-14(24(18,19)20)10-16(15)23-25(21,22)13-4-2-1-3-5-13/h1-10H,17H2,(H,18,19,20). The molecule has 0 aromatic heterocycles. The fourth-order valence-corrected chi connectivity index (χ4v) is 3.79. The molecule has 0 saturated carbocycles. The molecule has 0 heterocycles. The van der Waals surface area contributed by atoms with Crippen LogP contribution in [0.4, 0.5) is 5.69 Å². The van der Waals surface area contributed by atoms with Gasteiger partial charge in [-0.15, -0.1) is 0 Å². The Morgan fingerprint density at radius 3 is 2.16 bits per heavy atom. The summed E-state index contributed by atoms with van der Waals surface area (Å²) in [4.78, 5) is -0.584. The highest BCUT2D eigenvalue weighted by Gasteiger charge is 2.21. The third-order valence-electron chi connectivity index (χ3n) is 3.44. The van der Waals surface area contributed by atoms with Gasteiger partial charge in [0.1, 0.15) is 4.90 Å². The van der Waals surface area contributed by atoms with Crippen molar-refractivity contribution in [1.82, 2.24) is 0 Å². The second-order valence-electron chi connectivity index (χ2n) is 5.23. The Morgan fingerprint density at radius 2 is 1.52 bits per heavy atom. The zero-order valence-corrected chi connectivity index (χ0v) is 14.3. The van der Waals surface area contributed by atoms with Gasteiger partial charge in [-0.25, -0.2) is 0 Å². The molecule has 0 unspecified atom stereocenters. The van der Waals surface area contributed by atoms with Crippen molar-refractivity contribution in [1.29, 1.82) is 0 Å². The molecule has 0 amide bonds. The maximum absolute atomic E-state index is 12.4. The Kier molecular flexibility index (Phi) is 4.15. The van der Waals surface area contributed by atoms with Gasteiger partial charge in [-0.2, -0.15) is 16.8 Å². The number of nitrogen functional groups attached to an aromatic ring is 1. The normalized spacial score (nSPS) is 12.2. The highest BCUT2D eigenvalue weighted by Crippen LogP contribution is 2.32. The topological polar surface area (TPSA) is 124 Å². The maximum atomic E-state index is 12.4. The lowest BCUT2D eigenvalue weighted by Crippen LogP contribution is -2.10. The van der Waals surface area contributed by atoms with E-state index in [4.69, 9.17) is 9.92 Å². The molecule has 0 radical (unpaired) electrons. The minimum atomic E-state index is -4.57. The SMILES string of the molecule is Nc1ccc2c(OS(=O)(=O)c3ccccc3)cc(S(=O)(=O)O)cc2c1. The van der Waals surface area contributed by atoms with Gasteiger partial charge in [0.05, 0.1) is 4.90 Å². The van der Waals surface area contributed by atoms with E-state index in [1.807, 2.05) is 0 Å². The number of benzene rings is 3. The number of fused-ring (bicyclic) bond motifs is 1. The molecule has 0 aliphatic carbocycles. The van der Waals surface area contributed by atoms with Gasteiger partial charge >= 0.3 is 10.1 Å². The minimum absolute atomic E-state index is 0.0872. The first-order chi connectivity index (χ1) is 11.7. The van der Waals surface area contributed by atoms with Crippen molar-refractivity contribution in [3.8, 4) is 5.75 Å². The first-order valence-corrected chi connectivity index (χ1v) is 9.82. The first kappa shape index (κ1) is 17.2. The summed E-state index contributed by atoms with van der Waals surface area (Å²) in [7, 11) is -8.75. The number of anilines is 1. The summed E-state index contributed by atoms with van der Waals surface area (Å²) in [5.41, 5.74) is 6.02. The van der Waals surface area contributed by atoms with Crippen molar-refractivity contribution in [2.24, 2.45) is 0 Å². The van der Waals surface area contributed by atoms with E-state index in [0.717, 1.165) is 6.07 Å². The molecule has 7 nitrogen and oxygen atoms in total. The molecule has 0 bridgehead atoms. The summed E-state index contributed by atoms with van der Waals surface area (Å²) in [5, 5.41) is 0.648. The minimum Gasteiger partial charge on any atom is -0.399 e. The van der Waals surface area contributed by atoms with Crippen LogP contribution in [0.25, 0.3) is 10.8 Å². The Morgan fingerprint density at radius 1 is 0.840 bits per heavy atom. The van der Waals surface area contributed by atoms with Gasteiger partial charge in [0.15, 0.2) is 5.75 Å². The lowest BCUT2D eigenvalue weighted by molar-refractivity contribution is 0.477. The first-order valence-electron chi connectivity index (χ1n) is 6.97. The zero-order valence-electron chi connectivity index (χ0n) is 12.7. The fraction of sp³-hybridized carbons (Fsp3) is 0. The van der Waals surface area contributed by atoms with Gasteiger partial charge in [0, 0.05) is 17.1 Å². The third kappa shape index (κ3) is 3.58. The van der Waals surface area contributed by atoms with Crippen LogP contribution < -0.4 is 9.92 Å². The van der Waals surface area contributed by atoms with Crippen LogP contribution in [-0.4, -0.2) is 21.4 Å². The summed E-state index contributed by atoms with van der Waals surface area (Å²) in [6.07, 6.45) is 0.